The van der Waals surface area contributed by atoms with E-state index in [-0.39, 0.29) is 5.91 Å². The summed E-state index contributed by atoms with van der Waals surface area (Å²) >= 11 is 5.73. The van der Waals surface area contributed by atoms with Crippen LogP contribution < -0.4 is 5.32 Å². The fourth-order valence-corrected chi connectivity index (χ4v) is 1.33. The van der Waals surface area contributed by atoms with Gasteiger partial charge in [0.1, 0.15) is 5.15 Å². The summed E-state index contributed by atoms with van der Waals surface area (Å²) in [5.74, 6) is -0.0186. The highest BCUT2D eigenvalue weighted by atomic mass is 35.5. The zero-order chi connectivity index (χ0) is 7.84. The van der Waals surface area contributed by atoms with Crippen LogP contribution in [0.5, 0.6) is 0 Å². The maximum Gasteiger partial charge on any atom is 0.229 e. The number of carbonyl (C=O) groups excluding carboxylic acids is 1. The second kappa shape index (κ2) is 2.20. The van der Waals surface area contributed by atoms with E-state index < -0.39 is 0 Å². The van der Waals surface area contributed by atoms with Crippen LogP contribution in [0.15, 0.2) is 12.3 Å². The van der Waals surface area contributed by atoms with Crippen molar-refractivity contribution in [1.29, 1.82) is 0 Å². The fourth-order valence-electron chi connectivity index (χ4n) is 1.11. The Balaban J connectivity index is 2.57. The Morgan fingerprint density at radius 3 is 3.18 bits per heavy atom. The van der Waals surface area contributed by atoms with Gasteiger partial charge in [-0.15, -0.1) is 0 Å². The summed E-state index contributed by atoms with van der Waals surface area (Å²) in [5.41, 5.74) is 1.59. The molecule has 0 bridgehead atoms. The Morgan fingerprint density at radius 1 is 1.64 bits per heavy atom. The molecule has 4 heteroatoms. The van der Waals surface area contributed by atoms with Crippen LogP contribution in [0.1, 0.15) is 5.56 Å². The Hall–Kier alpha value is -1.09. The lowest BCUT2D eigenvalue weighted by Crippen LogP contribution is -2.03. The minimum atomic E-state index is -0.0186. The van der Waals surface area contributed by atoms with E-state index >= 15 is 0 Å². The summed E-state index contributed by atoms with van der Waals surface area (Å²) in [7, 11) is 0. The van der Waals surface area contributed by atoms with Crippen LogP contribution in [0.2, 0.25) is 5.15 Å². The summed E-state index contributed by atoms with van der Waals surface area (Å²) in [6.07, 6.45) is 1.93. The molecule has 3 nitrogen and oxygen atoms in total. The molecule has 1 aliphatic rings. The predicted octanol–water partition coefficient (Wildman–Crippen LogP) is 1.23. The summed E-state index contributed by atoms with van der Waals surface area (Å²) in [4.78, 5) is 14.7. The van der Waals surface area contributed by atoms with Crippen LogP contribution in [0.25, 0.3) is 0 Å². The van der Waals surface area contributed by atoms with Crippen molar-refractivity contribution in [2.75, 3.05) is 5.32 Å². The molecular weight excluding hydrogens is 164 g/mol. The van der Waals surface area contributed by atoms with Gasteiger partial charge in [-0.2, -0.15) is 0 Å². The molecule has 0 atom stereocenters. The van der Waals surface area contributed by atoms with Gasteiger partial charge < -0.3 is 5.32 Å². The standard InChI is InChI=1S/C7H5ClN2O/c8-7-4-3-6(11)10-5(4)1-2-9-7/h1-2H,3H2,(H,10,11). The van der Waals surface area contributed by atoms with Crippen molar-refractivity contribution in [3.05, 3.63) is 23.0 Å². The van der Waals surface area contributed by atoms with Gasteiger partial charge in [0.15, 0.2) is 0 Å². The van der Waals surface area contributed by atoms with Crippen LogP contribution in [0.3, 0.4) is 0 Å². The fraction of sp³-hybridized carbons (Fsp3) is 0.143. The van der Waals surface area contributed by atoms with E-state index in [0.29, 0.717) is 11.6 Å². The van der Waals surface area contributed by atoms with Gasteiger partial charge in [-0.1, -0.05) is 11.6 Å². The molecule has 1 aromatic heterocycles. The van der Waals surface area contributed by atoms with Crippen molar-refractivity contribution in [1.82, 2.24) is 4.98 Å². The van der Waals surface area contributed by atoms with Gasteiger partial charge in [0.25, 0.3) is 0 Å². The molecule has 0 aliphatic carbocycles. The first kappa shape index (κ1) is 6.61. The zero-order valence-corrected chi connectivity index (χ0v) is 6.35. The van der Waals surface area contributed by atoms with Crippen LogP contribution in [-0.2, 0) is 11.2 Å². The number of fused-ring (bicyclic) bond motifs is 1. The van der Waals surface area contributed by atoms with Crippen LogP contribution in [0.4, 0.5) is 5.69 Å². The average Bonchev–Trinajstić information content (AvgIpc) is 2.31. The van der Waals surface area contributed by atoms with Crippen molar-refractivity contribution in [2.24, 2.45) is 0 Å². The summed E-state index contributed by atoms with van der Waals surface area (Å²) < 4.78 is 0. The molecule has 1 amide bonds. The largest absolute Gasteiger partial charge is 0.325 e. The van der Waals surface area contributed by atoms with Gasteiger partial charge in [-0.05, 0) is 6.07 Å². The van der Waals surface area contributed by atoms with Crippen molar-refractivity contribution in [3.8, 4) is 0 Å². The molecule has 0 spiro atoms. The molecule has 0 saturated carbocycles. The summed E-state index contributed by atoms with van der Waals surface area (Å²) in [6.45, 7) is 0. The maximum atomic E-state index is 10.9. The molecule has 2 rings (SSSR count). The van der Waals surface area contributed by atoms with Gasteiger partial charge in [0.2, 0.25) is 5.91 Å². The number of amides is 1. The number of hydrogen-bond donors (Lipinski definition) is 1. The Bertz CT molecular complexity index is 324. The van der Waals surface area contributed by atoms with E-state index in [9.17, 15) is 4.79 Å². The molecule has 1 aromatic rings. The molecule has 0 unspecified atom stereocenters. The minimum Gasteiger partial charge on any atom is -0.325 e. The normalized spacial score (nSPS) is 14.5. The number of pyridine rings is 1. The molecule has 1 N–H and O–H groups in total. The molecule has 2 heterocycles. The van der Waals surface area contributed by atoms with Gasteiger partial charge in [-0.25, -0.2) is 4.98 Å². The van der Waals surface area contributed by atoms with E-state index in [2.05, 4.69) is 10.3 Å². The van der Waals surface area contributed by atoms with E-state index in [4.69, 9.17) is 11.6 Å². The Labute approximate surface area is 68.4 Å². The molecule has 11 heavy (non-hydrogen) atoms. The van der Waals surface area contributed by atoms with Crippen LogP contribution in [-0.4, -0.2) is 10.9 Å². The first-order valence-corrected chi connectivity index (χ1v) is 3.58. The maximum absolute atomic E-state index is 10.9. The lowest BCUT2D eigenvalue weighted by atomic mass is 10.2. The minimum absolute atomic E-state index is 0.0186. The third kappa shape index (κ3) is 0.973. The number of rotatable bonds is 0. The van der Waals surface area contributed by atoms with Gasteiger partial charge in [-0.3, -0.25) is 4.79 Å². The number of aromatic nitrogens is 1. The van der Waals surface area contributed by atoms with Gasteiger partial charge in [0, 0.05) is 17.4 Å². The van der Waals surface area contributed by atoms with Gasteiger partial charge in [0.05, 0.1) is 6.42 Å². The highest BCUT2D eigenvalue weighted by molar-refractivity contribution is 6.31. The number of halogens is 1. The zero-order valence-electron chi connectivity index (χ0n) is 5.60. The summed E-state index contributed by atoms with van der Waals surface area (Å²) in [6, 6.07) is 1.74. The third-order valence-electron chi connectivity index (χ3n) is 1.61. The lowest BCUT2D eigenvalue weighted by Gasteiger charge is -1.96. The van der Waals surface area contributed by atoms with Crippen molar-refractivity contribution in [2.45, 2.75) is 6.42 Å². The van der Waals surface area contributed by atoms with Crippen molar-refractivity contribution >= 4 is 23.2 Å². The number of nitrogens with one attached hydrogen (secondary N) is 1. The van der Waals surface area contributed by atoms with E-state index in [0.717, 1.165) is 11.3 Å². The Morgan fingerprint density at radius 2 is 2.45 bits per heavy atom. The summed E-state index contributed by atoms with van der Waals surface area (Å²) in [5, 5.41) is 3.09. The van der Waals surface area contributed by atoms with Gasteiger partial charge >= 0.3 is 0 Å². The monoisotopic (exact) mass is 168 g/mol. The highest BCUT2D eigenvalue weighted by Crippen LogP contribution is 2.27. The first-order chi connectivity index (χ1) is 5.27. The lowest BCUT2D eigenvalue weighted by molar-refractivity contribution is -0.115. The second-order valence-corrected chi connectivity index (χ2v) is 2.71. The molecule has 1 aliphatic heterocycles. The molecule has 0 aromatic carbocycles. The van der Waals surface area contributed by atoms with Crippen LogP contribution >= 0.6 is 11.6 Å². The topological polar surface area (TPSA) is 42.0 Å². The first-order valence-electron chi connectivity index (χ1n) is 3.20. The average molecular weight is 169 g/mol. The van der Waals surface area contributed by atoms with Crippen LogP contribution in [0, 0.1) is 0 Å². The van der Waals surface area contributed by atoms with Crippen molar-refractivity contribution in [3.63, 3.8) is 0 Å². The number of nitrogens with zero attached hydrogens (tertiary/aromatic N) is 1. The highest BCUT2D eigenvalue weighted by Gasteiger charge is 2.19. The van der Waals surface area contributed by atoms with E-state index in [1.54, 1.807) is 12.3 Å². The molecular formula is C7H5ClN2O. The third-order valence-corrected chi connectivity index (χ3v) is 1.94. The quantitative estimate of drug-likeness (QED) is 0.592. The molecule has 0 radical (unpaired) electrons. The molecule has 56 valence electrons. The van der Waals surface area contributed by atoms with E-state index in [1.165, 1.54) is 0 Å². The smallest absolute Gasteiger partial charge is 0.229 e. The second-order valence-electron chi connectivity index (χ2n) is 2.35. The SMILES string of the molecule is O=C1Cc2c(ccnc2Cl)N1. The number of carbonyl (C=O) groups is 1. The van der Waals surface area contributed by atoms with Crippen molar-refractivity contribution < 1.29 is 4.79 Å². The molecule has 0 saturated heterocycles. The number of hydrogen-bond acceptors (Lipinski definition) is 2. The Kier molecular flexibility index (Phi) is 1.32. The molecule has 0 fully saturated rings. The predicted molar refractivity (Wildman–Crippen MR) is 41.6 cm³/mol. The van der Waals surface area contributed by atoms with E-state index in [1.807, 2.05) is 0 Å². The number of anilines is 1.